The Balaban J connectivity index is 1.22. The monoisotopic (exact) mass is 682 g/mol. The van der Waals surface area contributed by atoms with Crippen molar-refractivity contribution in [2.75, 3.05) is 44.7 Å². The van der Waals surface area contributed by atoms with Crippen molar-refractivity contribution in [1.29, 1.82) is 0 Å². The molecule has 4 aliphatic rings. The highest BCUT2D eigenvalue weighted by Crippen LogP contribution is 2.36. The lowest BCUT2D eigenvalue weighted by Gasteiger charge is -2.31. The van der Waals surface area contributed by atoms with Crippen LogP contribution in [0.25, 0.3) is 5.57 Å². The van der Waals surface area contributed by atoms with Crippen LogP contribution in [0.4, 0.5) is 10.5 Å². The second-order valence-electron chi connectivity index (χ2n) is 13.5. The molecule has 0 bridgehead atoms. The third-order valence-electron chi connectivity index (χ3n) is 9.38. The van der Waals surface area contributed by atoms with Crippen molar-refractivity contribution in [1.82, 2.24) is 14.5 Å². The molecule has 2 amide bonds. The molecular weight excluding hydrogens is 636 g/mol. The number of piperidine rings is 1. The predicted octanol–water partition coefficient (Wildman–Crippen LogP) is 3.57. The van der Waals surface area contributed by atoms with Gasteiger partial charge in [0.15, 0.2) is 6.29 Å². The average Bonchev–Trinajstić information content (AvgIpc) is 3.77. The van der Waals surface area contributed by atoms with Gasteiger partial charge in [-0.25, -0.2) is 13.2 Å². The summed E-state index contributed by atoms with van der Waals surface area (Å²) < 4.78 is 46.7. The molecule has 4 aliphatic heterocycles. The number of rotatable bonds is 12. The largest absolute Gasteiger partial charge is 0.443 e. The maximum atomic E-state index is 14.3. The van der Waals surface area contributed by atoms with Gasteiger partial charge in [0.05, 0.1) is 41.7 Å². The number of hydrogen-bond donors (Lipinski definition) is 3. The van der Waals surface area contributed by atoms with Gasteiger partial charge in [0.2, 0.25) is 10.0 Å². The zero-order valence-electron chi connectivity index (χ0n) is 27.5. The zero-order chi connectivity index (χ0) is 33.8. The van der Waals surface area contributed by atoms with Crippen LogP contribution in [-0.2, 0) is 35.4 Å². The van der Waals surface area contributed by atoms with Gasteiger partial charge in [-0.1, -0.05) is 44.2 Å². The highest BCUT2D eigenvalue weighted by Gasteiger charge is 2.44. The molecule has 4 heterocycles. The summed E-state index contributed by atoms with van der Waals surface area (Å²) in [6.45, 7) is 6.13. The number of carbonyl (C=O) groups is 2. The van der Waals surface area contributed by atoms with Crippen molar-refractivity contribution < 1.29 is 37.3 Å². The summed E-state index contributed by atoms with van der Waals surface area (Å²) in [5.41, 5.74) is 2.39. The summed E-state index contributed by atoms with van der Waals surface area (Å²) in [6.07, 6.45) is 3.21. The number of benzene rings is 2. The van der Waals surface area contributed by atoms with Crippen LogP contribution >= 0.6 is 0 Å². The van der Waals surface area contributed by atoms with Crippen molar-refractivity contribution in [3.8, 4) is 0 Å². The smallest absolute Gasteiger partial charge is 0.407 e. The van der Waals surface area contributed by atoms with Crippen LogP contribution in [0.5, 0.6) is 0 Å². The van der Waals surface area contributed by atoms with Crippen LogP contribution in [0.15, 0.2) is 59.6 Å². The molecule has 5 atom stereocenters. The summed E-state index contributed by atoms with van der Waals surface area (Å²) in [7, 11) is -4.13. The molecular formula is C35H46N4O8S. The summed E-state index contributed by atoms with van der Waals surface area (Å²) in [6, 6.07) is 13.2. The SMILES string of the molecule is CC(C)CN(CC(O)C(Cc1ccccc1)NC(=O)OC1COC2OCCC12)S(=O)(=O)c1ccc2c(c1)C(=CN1CCCCC1)C(=O)N2. The Morgan fingerprint density at radius 2 is 1.90 bits per heavy atom. The van der Waals surface area contributed by atoms with Gasteiger partial charge in [0.25, 0.3) is 5.91 Å². The first kappa shape index (κ1) is 34.4. The van der Waals surface area contributed by atoms with Crippen molar-refractivity contribution in [2.45, 2.75) is 75.4 Å². The first-order chi connectivity index (χ1) is 23.1. The Labute approximate surface area is 282 Å². The normalized spacial score (nSPS) is 24.4. The fraction of sp³-hybridized carbons (Fsp3) is 0.543. The number of amides is 2. The molecule has 12 nitrogen and oxygen atoms in total. The number of carbonyl (C=O) groups excluding carboxylic acids is 2. The van der Waals surface area contributed by atoms with Crippen molar-refractivity contribution in [3.63, 3.8) is 0 Å². The summed E-state index contributed by atoms with van der Waals surface area (Å²) in [5.74, 6) is -0.372. The minimum Gasteiger partial charge on any atom is -0.443 e. The highest BCUT2D eigenvalue weighted by molar-refractivity contribution is 7.89. The van der Waals surface area contributed by atoms with Gasteiger partial charge in [0.1, 0.15) is 6.10 Å². The molecule has 0 aromatic heterocycles. The van der Waals surface area contributed by atoms with Gasteiger partial charge >= 0.3 is 6.09 Å². The quantitative estimate of drug-likeness (QED) is 0.286. The molecule has 2 aromatic carbocycles. The van der Waals surface area contributed by atoms with Crippen molar-refractivity contribution >= 4 is 33.3 Å². The fourth-order valence-electron chi connectivity index (χ4n) is 6.87. The molecule has 0 saturated carbocycles. The number of aliphatic hydroxyl groups excluding tert-OH is 1. The number of anilines is 1. The van der Waals surface area contributed by atoms with Crippen molar-refractivity contribution in [2.24, 2.45) is 11.8 Å². The molecule has 2 aromatic rings. The molecule has 3 fully saturated rings. The van der Waals surface area contributed by atoms with E-state index in [2.05, 4.69) is 15.5 Å². The molecule has 5 unspecified atom stereocenters. The fourth-order valence-corrected chi connectivity index (χ4v) is 8.52. The minimum atomic E-state index is -4.13. The topological polar surface area (TPSA) is 147 Å². The molecule has 260 valence electrons. The predicted molar refractivity (Wildman–Crippen MR) is 179 cm³/mol. The maximum Gasteiger partial charge on any atom is 0.407 e. The van der Waals surface area contributed by atoms with Crippen LogP contribution in [0.1, 0.15) is 50.7 Å². The molecule has 0 radical (unpaired) electrons. The second kappa shape index (κ2) is 15.0. The van der Waals surface area contributed by atoms with Gasteiger partial charge in [-0.15, -0.1) is 0 Å². The number of hydrogen-bond acceptors (Lipinski definition) is 9. The summed E-state index contributed by atoms with van der Waals surface area (Å²) >= 11 is 0. The summed E-state index contributed by atoms with van der Waals surface area (Å²) in [4.78, 5) is 28.2. The number of aliphatic hydroxyl groups is 1. The number of likely N-dealkylation sites (tertiary alicyclic amines) is 1. The number of ether oxygens (including phenoxy) is 3. The average molecular weight is 683 g/mol. The van der Waals surface area contributed by atoms with Crippen molar-refractivity contribution in [3.05, 3.63) is 65.9 Å². The van der Waals surface area contributed by atoms with Gasteiger partial charge in [-0.3, -0.25) is 4.79 Å². The van der Waals surface area contributed by atoms with Crippen LogP contribution < -0.4 is 10.6 Å². The van der Waals surface area contributed by atoms with Crippen LogP contribution in [-0.4, -0.2) is 98.7 Å². The van der Waals surface area contributed by atoms with Gasteiger partial charge in [0, 0.05) is 43.6 Å². The van der Waals surface area contributed by atoms with E-state index in [1.54, 1.807) is 12.1 Å². The Morgan fingerprint density at radius 1 is 1.12 bits per heavy atom. The standard InChI is InChI=1S/C35H46N4O8S/c1-23(2)19-39(48(43,44)25-11-12-29-27(18-25)28(33(41)36-29)20-38-14-7-4-8-15-38)21-31(40)30(17-24-9-5-3-6-10-24)37-35(42)47-32-22-46-34-26(32)13-16-45-34/h3,5-6,9-12,18,20,23,26,30-32,34,40H,4,7-8,13-17,19,21-22H2,1-2H3,(H,36,41)(H,37,42). The molecule has 3 saturated heterocycles. The maximum absolute atomic E-state index is 14.3. The second-order valence-corrected chi connectivity index (χ2v) is 15.4. The van der Waals surface area contributed by atoms with Gasteiger partial charge < -0.3 is 34.9 Å². The molecule has 0 spiro atoms. The summed E-state index contributed by atoms with van der Waals surface area (Å²) in [5, 5.41) is 17.3. The van der Waals surface area contributed by atoms with E-state index in [4.69, 9.17) is 14.2 Å². The van der Waals surface area contributed by atoms with E-state index in [9.17, 15) is 23.1 Å². The van der Waals surface area contributed by atoms with Gasteiger partial charge in [-0.2, -0.15) is 4.31 Å². The van der Waals surface area contributed by atoms with Gasteiger partial charge in [-0.05, 0) is 61.8 Å². The highest BCUT2D eigenvalue weighted by atomic mass is 32.2. The van der Waals surface area contributed by atoms with E-state index in [1.165, 1.54) is 10.4 Å². The third kappa shape index (κ3) is 7.86. The Kier molecular flexibility index (Phi) is 10.7. The first-order valence-electron chi connectivity index (χ1n) is 16.9. The van der Waals surface area contributed by atoms with E-state index < -0.39 is 34.4 Å². The van der Waals surface area contributed by atoms with E-state index in [0.29, 0.717) is 23.4 Å². The van der Waals surface area contributed by atoms with Crippen LogP contribution in [0.3, 0.4) is 0 Å². The number of alkyl carbamates (subject to hydrolysis) is 1. The molecule has 13 heteroatoms. The Hall–Kier alpha value is -3.49. The lowest BCUT2D eigenvalue weighted by Crippen LogP contribution is -2.51. The minimum absolute atomic E-state index is 0.0247. The van der Waals surface area contributed by atoms with E-state index in [0.717, 1.165) is 44.3 Å². The zero-order valence-corrected chi connectivity index (χ0v) is 28.4. The first-order valence-corrected chi connectivity index (χ1v) is 18.4. The van der Waals surface area contributed by atoms with E-state index in [-0.39, 0.29) is 55.0 Å². The lowest BCUT2D eigenvalue weighted by molar-refractivity contribution is -0.110. The number of fused-ring (bicyclic) bond motifs is 2. The molecule has 3 N–H and O–H groups in total. The van der Waals surface area contributed by atoms with E-state index >= 15 is 0 Å². The molecule has 6 rings (SSSR count). The number of nitrogens with zero attached hydrogens (tertiary/aromatic N) is 2. The number of sulfonamides is 1. The Bertz CT molecular complexity index is 1590. The third-order valence-corrected chi connectivity index (χ3v) is 11.2. The number of nitrogens with one attached hydrogen (secondary N) is 2. The molecule has 0 aliphatic carbocycles. The lowest BCUT2D eigenvalue weighted by atomic mass is 10.0. The van der Waals surface area contributed by atoms with Crippen LogP contribution in [0.2, 0.25) is 0 Å². The molecule has 48 heavy (non-hydrogen) atoms. The van der Waals surface area contributed by atoms with E-state index in [1.807, 2.05) is 50.4 Å². The Morgan fingerprint density at radius 3 is 2.65 bits per heavy atom. The van der Waals surface area contributed by atoms with Crippen LogP contribution in [0, 0.1) is 11.8 Å².